The zero-order valence-corrected chi connectivity index (χ0v) is 12.6. The Kier molecular flexibility index (Phi) is 3.08. The first kappa shape index (κ1) is 13.5. The number of aryl methyl sites for hydroxylation is 1. The lowest BCUT2D eigenvalue weighted by molar-refractivity contribution is -0.115. The Morgan fingerprint density at radius 3 is 3.04 bits per heavy atom. The normalized spacial score (nSPS) is 11.2. The van der Waals surface area contributed by atoms with Crippen LogP contribution in [-0.2, 0) is 11.2 Å². The molecule has 3 aromatic heterocycles. The molecule has 4 aromatic rings. The summed E-state index contributed by atoms with van der Waals surface area (Å²) in [6, 6.07) is 9.83. The second-order valence-corrected chi connectivity index (χ2v) is 5.53. The first-order valence-corrected chi connectivity index (χ1v) is 7.36. The van der Waals surface area contributed by atoms with Crippen molar-refractivity contribution in [2.45, 2.75) is 13.3 Å². The number of hydrogen-bond donors (Lipinski definition) is 3. The molecule has 4 rings (SSSR count). The van der Waals surface area contributed by atoms with E-state index in [4.69, 9.17) is 0 Å². The van der Waals surface area contributed by atoms with Crippen LogP contribution < -0.4 is 5.32 Å². The van der Waals surface area contributed by atoms with Crippen molar-refractivity contribution >= 4 is 33.5 Å². The fourth-order valence-electron chi connectivity index (χ4n) is 2.74. The Bertz CT molecular complexity index is 1010. The Balaban J connectivity index is 1.56. The topological polar surface area (TPSA) is 86.5 Å². The summed E-state index contributed by atoms with van der Waals surface area (Å²) in [6.07, 6.45) is 3.81. The molecule has 0 bridgehead atoms. The van der Waals surface area contributed by atoms with E-state index in [2.05, 4.69) is 25.5 Å². The number of carbonyl (C=O) groups excluding carboxylic acids is 1. The lowest BCUT2D eigenvalue weighted by Gasteiger charge is -2.04. The van der Waals surface area contributed by atoms with Gasteiger partial charge in [0.25, 0.3) is 0 Å². The summed E-state index contributed by atoms with van der Waals surface area (Å²) < 4.78 is 0. The molecule has 0 aliphatic rings. The molecule has 0 radical (unpaired) electrons. The second kappa shape index (κ2) is 5.24. The fourth-order valence-corrected chi connectivity index (χ4v) is 2.74. The number of carbonyl (C=O) groups is 1. The molecular weight excluding hydrogens is 290 g/mol. The SMILES string of the molecule is Cc1[nH]nc2ncc(NC(=O)Cc3c[nH]c4ccccc34)cc12. The maximum absolute atomic E-state index is 12.3. The van der Waals surface area contributed by atoms with Crippen molar-refractivity contribution < 1.29 is 4.79 Å². The third kappa shape index (κ3) is 2.44. The van der Waals surface area contributed by atoms with Gasteiger partial charge in [0.05, 0.1) is 18.3 Å². The molecule has 0 unspecified atom stereocenters. The second-order valence-electron chi connectivity index (χ2n) is 5.53. The van der Waals surface area contributed by atoms with E-state index in [9.17, 15) is 4.79 Å². The van der Waals surface area contributed by atoms with Crippen LogP contribution >= 0.6 is 0 Å². The molecule has 0 spiro atoms. The van der Waals surface area contributed by atoms with E-state index in [0.717, 1.165) is 27.5 Å². The van der Waals surface area contributed by atoms with Crippen LogP contribution in [0.1, 0.15) is 11.3 Å². The number of amides is 1. The molecule has 6 heteroatoms. The molecule has 1 aromatic carbocycles. The van der Waals surface area contributed by atoms with E-state index in [0.29, 0.717) is 17.8 Å². The van der Waals surface area contributed by atoms with Gasteiger partial charge in [-0.05, 0) is 24.6 Å². The third-order valence-corrected chi connectivity index (χ3v) is 3.91. The Morgan fingerprint density at radius 1 is 1.26 bits per heavy atom. The van der Waals surface area contributed by atoms with Crippen LogP contribution in [0, 0.1) is 6.92 Å². The number of nitrogens with one attached hydrogen (secondary N) is 3. The monoisotopic (exact) mass is 305 g/mol. The molecule has 3 N–H and O–H groups in total. The minimum atomic E-state index is -0.0722. The number of aromatic amines is 2. The van der Waals surface area contributed by atoms with E-state index < -0.39 is 0 Å². The van der Waals surface area contributed by atoms with Crippen LogP contribution in [0.15, 0.2) is 42.7 Å². The molecule has 0 aliphatic carbocycles. The maximum atomic E-state index is 12.3. The smallest absolute Gasteiger partial charge is 0.228 e. The van der Waals surface area contributed by atoms with Crippen LogP contribution in [0.3, 0.4) is 0 Å². The highest BCUT2D eigenvalue weighted by molar-refractivity contribution is 5.96. The summed E-state index contributed by atoms with van der Waals surface area (Å²) in [5.41, 5.74) is 4.27. The van der Waals surface area contributed by atoms with E-state index >= 15 is 0 Å². The van der Waals surface area contributed by atoms with Gasteiger partial charge in [-0.1, -0.05) is 18.2 Å². The number of benzene rings is 1. The number of pyridine rings is 1. The maximum Gasteiger partial charge on any atom is 0.228 e. The van der Waals surface area contributed by atoms with Gasteiger partial charge in [0, 0.05) is 28.2 Å². The van der Waals surface area contributed by atoms with Gasteiger partial charge in [0.2, 0.25) is 5.91 Å². The van der Waals surface area contributed by atoms with Crippen LogP contribution in [0.5, 0.6) is 0 Å². The van der Waals surface area contributed by atoms with Gasteiger partial charge < -0.3 is 10.3 Å². The zero-order valence-electron chi connectivity index (χ0n) is 12.6. The highest BCUT2D eigenvalue weighted by Crippen LogP contribution is 2.20. The molecule has 1 amide bonds. The van der Waals surface area contributed by atoms with Crippen molar-refractivity contribution in [1.29, 1.82) is 0 Å². The molecule has 23 heavy (non-hydrogen) atoms. The standard InChI is InChI=1S/C17H15N5O/c1-10-14-7-12(9-19-17(14)22-21-10)20-16(23)6-11-8-18-15-5-3-2-4-13(11)15/h2-5,7-9,18H,6H2,1H3,(H,20,23)(H,19,21,22). The van der Waals surface area contributed by atoms with Crippen molar-refractivity contribution in [1.82, 2.24) is 20.2 Å². The van der Waals surface area contributed by atoms with Crippen molar-refractivity contribution in [3.05, 3.63) is 54.0 Å². The quantitative estimate of drug-likeness (QED) is 0.544. The first-order valence-electron chi connectivity index (χ1n) is 7.36. The highest BCUT2D eigenvalue weighted by Gasteiger charge is 2.10. The van der Waals surface area contributed by atoms with Crippen LogP contribution in [0.25, 0.3) is 21.9 Å². The lowest BCUT2D eigenvalue weighted by Crippen LogP contribution is -2.14. The van der Waals surface area contributed by atoms with Crippen LogP contribution in [0.4, 0.5) is 5.69 Å². The number of anilines is 1. The molecule has 0 atom stereocenters. The summed E-state index contributed by atoms with van der Waals surface area (Å²) in [5.74, 6) is -0.0722. The van der Waals surface area contributed by atoms with E-state index in [-0.39, 0.29) is 5.91 Å². The Hall–Kier alpha value is -3.15. The van der Waals surface area contributed by atoms with Gasteiger partial charge in [-0.2, -0.15) is 5.10 Å². The summed E-state index contributed by atoms with van der Waals surface area (Å²) in [7, 11) is 0. The molecule has 0 fully saturated rings. The number of H-pyrrole nitrogens is 2. The first-order chi connectivity index (χ1) is 11.2. The van der Waals surface area contributed by atoms with Gasteiger partial charge in [0.15, 0.2) is 5.65 Å². The lowest BCUT2D eigenvalue weighted by atomic mass is 10.1. The fraction of sp³-hybridized carbons (Fsp3) is 0.118. The van der Waals surface area contributed by atoms with E-state index in [1.54, 1.807) is 6.20 Å². The number of nitrogens with zero attached hydrogens (tertiary/aromatic N) is 2. The molecule has 0 saturated carbocycles. The molecule has 6 nitrogen and oxygen atoms in total. The molecular formula is C17H15N5O. The van der Waals surface area contributed by atoms with Crippen molar-refractivity contribution in [3.63, 3.8) is 0 Å². The predicted molar refractivity (Wildman–Crippen MR) is 89.3 cm³/mol. The summed E-state index contributed by atoms with van der Waals surface area (Å²) in [4.78, 5) is 19.7. The van der Waals surface area contributed by atoms with Gasteiger partial charge in [-0.15, -0.1) is 0 Å². The summed E-state index contributed by atoms with van der Waals surface area (Å²) in [6.45, 7) is 1.93. The van der Waals surface area contributed by atoms with Crippen LogP contribution in [-0.4, -0.2) is 26.1 Å². The molecule has 114 valence electrons. The van der Waals surface area contributed by atoms with E-state index in [1.165, 1.54) is 0 Å². The van der Waals surface area contributed by atoms with Gasteiger partial charge in [-0.3, -0.25) is 9.89 Å². The Labute approximate surface area is 131 Å². The average molecular weight is 305 g/mol. The van der Waals surface area contributed by atoms with Crippen molar-refractivity contribution in [2.24, 2.45) is 0 Å². The number of para-hydroxylation sites is 1. The van der Waals surface area contributed by atoms with Crippen molar-refractivity contribution in [2.75, 3.05) is 5.32 Å². The molecule has 3 heterocycles. The summed E-state index contributed by atoms with van der Waals surface area (Å²) in [5, 5.41) is 11.8. The highest BCUT2D eigenvalue weighted by atomic mass is 16.1. The summed E-state index contributed by atoms with van der Waals surface area (Å²) >= 11 is 0. The van der Waals surface area contributed by atoms with Gasteiger partial charge in [-0.25, -0.2) is 4.98 Å². The number of aromatic nitrogens is 4. The number of hydrogen-bond acceptors (Lipinski definition) is 3. The van der Waals surface area contributed by atoms with Gasteiger partial charge >= 0.3 is 0 Å². The Morgan fingerprint density at radius 2 is 2.13 bits per heavy atom. The average Bonchev–Trinajstić information content (AvgIpc) is 3.12. The van der Waals surface area contributed by atoms with E-state index in [1.807, 2.05) is 43.5 Å². The predicted octanol–water partition coefficient (Wildman–Crippen LogP) is 2.93. The van der Waals surface area contributed by atoms with Crippen molar-refractivity contribution in [3.8, 4) is 0 Å². The van der Waals surface area contributed by atoms with Gasteiger partial charge in [0.1, 0.15) is 0 Å². The largest absolute Gasteiger partial charge is 0.361 e. The minimum Gasteiger partial charge on any atom is -0.361 e. The number of fused-ring (bicyclic) bond motifs is 2. The third-order valence-electron chi connectivity index (χ3n) is 3.91. The molecule has 0 saturated heterocycles. The molecule has 0 aliphatic heterocycles. The number of rotatable bonds is 3. The zero-order chi connectivity index (χ0) is 15.8. The van der Waals surface area contributed by atoms with Crippen LogP contribution in [0.2, 0.25) is 0 Å². The minimum absolute atomic E-state index is 0.0722.